The monoisotopic (exact) mass is 343 g/mol. The number of halogens is 1. The van der Waals surface area contributed by atoms with Crippen molar-refractivity contribution in [3.05, 3.63) is 47.4 Å². The van der Waals surface area contributed by atoms with Gasteiger partial charge in [0.2, 0.25) is 0 Å². The summed E-state index contributed by atoms with van der Waals surface area (Å²) in [5.74, 6) is -0.439. The fourth-order valence-corrected chi connectivity index (χ4v) is 2.68. The quantitative estimate of drug-likeness (QED) is 0.483. The first-order valence-electron chi connectivity index (χ1n) is 7.13. The summed E-state index contributed by atoms with van der Waals surface area (Å²) >= 11 is 6.27. The van der Waals surface area contributed by atoms with Crippen LogP contribution in [0.5, 0.6) is 0 Å². The van der Waals surface area contributed by atoms with Gasteiger partial charge in [0.1, 0.15) is 13.5 Å². The topological polar surface area (TPSA) is 93.7 Å². The molecule has 1 aromatic carbocycles. The highest BCUT2D eigenvalue weighted by atomic mass is 35.5. The SMILES string of the molecule is Bc1ccc(Nc2c(C(=O)NOC)cn3ccnc3c2N)c(Cl)c1. The van der Waals surface area contributed by atoms with Crippen molar-refractivity contribution in [2.24, 2.45) is 0 Å². The maximum atomic E-state index is 12.3. The maximum Gasteiger partial charge on any atom is 0.278 e. The molecule has 0 unspecified atom stereocenters. The van der Waals surface area contributed by atoms with Gasteiger partial charge in [0.15, 0.2) is 5.65 Å². The first-order valence-corrected chi connectivity index (χ1v) is 7.50. The summed E-state index contributed by atoms with van der Waals surface area (Å²) in [6, 6.07) is 5.56. The number of nitrogens with zero attached hydrogens (tertiary/aromatic N) is 2. The number of amides is 1. The molecule has 24 heavy (non-hydrogen) atoms. The van der Waals surface area contributed by atoms with E-state index in [4.69, 9.17) is 22.2 Å². The van der Waals surface area contributed by atoms with Crippen molar-refractivity contribution in [3.8, 4) is 0 Å². The van der Waals surface area contributed by atoms with Crippen LogP contribution < -0.4 is 22.0 Å². The van der Waals surface area contributed by atoms with Crippen LogP contribution >= 0.6 is 11.6 Å². The number of aromatic nitrogens is 2. The number of benzene rings is 1. The Kier molecular flexibility index (Phi) is 4.33. The third kappa shape index (κ3) is 2.89. The average molecular weight is 344 g/mol. The van der Waals surface area contributed by atoms with Crippen LogP contribution in [0.15, 0.2) is 36.8 Å². The molecule has 0 spiro atoms. The number of hydroxylamine groups is 1. The fraction of sp³-hybridized carbons (Fsp3) is 0.0667. The Bertz CT molecular complexity index is 928. The maximum absolute atomic E-state index is 12.3. The lowest BCUT2D eigenvalue weighted by molar-refractivity contribution is 0.0538. The molecule has 0 radical (unpaired) electrons. The molecular formula is C15H15BClN5O2. The molecule has 0 aliphatic rings. The molecule has 2 heterocycles. The van der Waals surface area contributed by atoms with Crippen molar-refractivity contribution in [1.82, 2.24) is 14.9 Å². The Morgan fingerprint density at radius 2 is 2.25 bits per heavy atom. The number of nitrogens with two attached hydrogens (primary N) is 1. The summed E-state index contributed by atoms with van der Waals surface area (Å²) in [6.45, 7) is 0. The number of carbonyl (C=O) groups is 1. The lowest BCUT2D eigenvalue weighted by atomic mass is 9.96. The van der Waals surface area contributed by atoms with Crippen molar-refractivity contribution in [2.75, 3.05) is 18.2 Å². The predicted molar refractivity (Wildman–Crippen MR) is 97.0 cm³/mol. The van der Waals surface area contributed by atoms with E-state index < -0.39 is 5.91 Å². The van der Waals surface area contributed by atoms with Gasteiger partial charge in [-0.15, -0.1) is 0 Å². The highest BCUT2D eigenvalue weighted by Crippen LogP contribution is 2.32. The standard InChI is InChI=1S/C15H15BClN5O2/c1-24-21-15(23)9-7-22-5-4-19-14(22)12(18)13(9)20-11-3-2-8(16)6-10(11)17/h2-7,20H,16,18H2,1H3,(H,21,23). The molecular weight excluding hydrogens is 328 g/mol. The van der Waals surface area contributed by atoms with E-state index in [2.05, 4.69) is 15.8 Å². The van der Waals surface area contributed by atoms with Crippen LogP contribution in [-0.2, 0) is 4.84 Å². The summed E-state index contributed by atoms with van der Waals surface area (Å²) in [7, 11) is 3.30. The molecule has 2 aromatic heterocycles. The number of anilines is 3. The molecule has 7 nitrogen and oxygen atoms in total. The average Bonchev–Trinajstić information content (AvgIpc) is 3.01. The minimum absolute atomic E-state index is 0.302. The number of pyridine rings is 1. The number of carbonyl (C=O) groups excluding carboxylic acids is 1. The molecule has 4 N–H and O–H groups in total. The third-order valence-corrected chi connectivity index (χ3v) is 3.85. The zero-order valence-electron chi connectivity index (χ0n) is 13.1. The van der Waals surface area contributed by atoms with Gasteiger partial charge in [-0.25, -0.2) is 10.5 Å². The molecule has 0 aliphatic heterocycles. The summed E-state index contributed by atoms with van der Waals surface area (Å²) in [4.78, 5) is 21.2. The fourth-order valence-electron chi connectivity index (χ4n) is 2.40. The van der Waals surface area contributed by atoms with Crippen LogP contribution in [0.25, 0.3) is 5.65 Å². The molecule has 3 rings (SSSR count). The Balaban J connectivity index is 2.15. The second kappa shape index (κ2) is 6.42. The van der Waals surface area contributed by atoms with E-state index in [0.29, 0.717) is 33.3 Å². The van der Waals surface area contributed by atoms with Gasteiger partial charge < -0.3 is 15.5 Å². The van der Waals surface area contributed by atoms with Crippen molar-refractivity contribution >= 4 is 53.5 Å². The molecule has 1 amide bonds. The minimum atomic E-state index is -0.439. The smallest absolute Gasteiger partial charge is 0.278 e. The van der Waals surface area contributed by atoms with Crippen LogP contribution in [0.3, 0.4) is 0 Å². The van der Waals surface area contributed by atoms with Gasteiger partial charge in [-0.1, -0.05) is 23.1 Å². The number of fused-ring (bicyclic) bond motifs is 1. The lowest BCUT2D eigenvalue weighted by Gasteiger charge is -2.16. The summed E-state index contributed by atoms with van der Waals surface area (Å²) < 4.78 is 1.67. The normalized spacial score (nSPS) is 10.8. The number of nitrogen functional groups attached to an aromatic ring is 1. The first kappa shape index (κ1) is 16.2. The number of nitrogens with one attached hydrogen (secondary N) is 2. The lowest BCUT2D eigenvalue weighted by Crippen LogP contribution is -2.24. The van der Waals surface area contributed by atoms with E-state index in [1.54, 1.807) is 23.0 Å². The van der Waals surface area contributed by atoms with Crippen LogP contribution in [-0.4, -0.2) is 30.2 Å². The van der Waals surface area contributed by atoms with Gasteiger partial charge in [0, 0.05) is 18.6 Å². The summed E-state index contributed by atoms with van der Waals surface area (Å²) in [5, 5.41) is 3.65. The molecule has 0 saturated heterocycles. The van der Waals surface area contributed by atoms with Crippen LogP contribution in [0.2, 0.25) is 5.02 Å². The van der Waals surface area contributed by atoms with Crippen molar-refractivity contribution in [2.45, 2.75) is 0 Å². The number of hydrogen-bond donors (Lipinski definition) is 3. The van der Waals surface area contributed by atoms with E-state index in [9.17, 15) is 4.79 Å². The number of rotatable bonds is 4. The van der Waals surface area contributed by atoms with Crippen LogP contribution in [0.4, 0.5) is 17.1 Å². The third-order valence-electron chi connectivity index (χ3n) is 3.54. The van der Waals surface area contributed by atoms with E-state index in [1.807, 2.05) is 26.0 Å². The van der Waals surface area contributed by atoms with Gasteiger partial charge in [0.05, 0.1) is 29.1 Å². The number of imidazole rings is 1. The minimum Gasteiger partial charge on any atom is -0.394 e. The zero-order valence-corrected chi connectivity index (χ0v) is 13.9. The van der Waals surface area contributed by atoms with Crippen molar-refractivity contribution < 1.29 is 9.63 Å². The highest BCUT2D eigenvalue weighted by molar-refractivity contribution is 6.37. The molecule has 3 aromatic rings. The Morgan fingerprint density at radius 1 is 1.46 bits per heavy atom. The van der Waals surface area contributed by atoms with Gasteiger partial charge in [0.25, 0.3) is 5.91 Å². The first-order chi connectivity index (χ1) is 11.5. The van der Waals surface area contributed by atoms with E-state index in [0.717, 1.165) is 5.46 Å². The molecule has 0 aliphatic carbocycles. The number of hydrogen-bond acceptors (Lipinski definition) is 5. The molecule has 0 saturated carbocycles. The predicted octanol–water partition coefficient (Wildman–Crippen LogP) is 0.863. The van der Waals surface area contributed by atoms with Gasteiger partial charge >= 0.3 is 0 Å². The molecule has 0 atom stereocenters. The van der Waals surface area contributed by atoms with Crippen molar-refractivity contribution in [1.29, 1.82) is 0 Å². The Labute approximate surface area is 144 Å². The zero-order chi connectivity index (χ0) is 17.3. The second-order valence-corrected chi connectivity index (χ2v) is 5.64. The van der Waals surface area contributed by atoms with Crippen LogP contribution in [0, 0.1) is 0 Å². The molecule has 9 heteroatoms. The Morgan fingerprint density at radius 3 is 2.96 bits per heavy atom. The van der Waals surface area contributed by atoms with E-state index >= 15 is 0 Å². The summed E-state index contributed by atoms with van der Waals surface area (Å²) in [6.07, 6.45) is 4.93. The van der Waals surface area contributed by atoms with E-state index in [-0.39, 0.29) is 0 Å². The largest absolute Gasteiger partial charge is 0.394 e. The molecule has 0 fully saturated rings. The second-order valence-electron chi connectivity index (χ2n) is 5.23. The van der Waals surface area contributed by atoms with Crippen molar-refractivity contribution in [3.63, 3.8) is 0 Å². The summed E-state index contributed by atoms with van der Waals surface area (Å²) in [5.41, 5.74) is 11.8. The molecule has 0 bridgehead atoms. The van der Waals surface area contributed by atoms with Gasteiger partial charge in [-0.05, 0) is 12.1 Å². The van der Waals surface area contributed by atoms with E-state index in [1.165, 1.54) is 7.11 Å². The van der Waals surface area contributed by atoms with Gasteiger partial charge in [-0.2, -0.15) is 0 Å². The highest BCUT2D eigenvalue weighted by Gasteiger charge is 2.19. The van der Waals surface area contributed by atoms with Crippen LogP contribution in [0.1, 0.15) is 10.4 Å². The van der Waals surface area contributed by atoms with Gasteiger partial charge in [-0.3, -0.25) is 9.63 Å². The Hall–Kier alpha value is -2.71. The molecule has 122 valence electrons.